The van der Waals surface area contributed by atoms with Gasteiger partial charge in [-0.15, -0.1) is 5.92 Å². The van der Waals surface area contributed by atoms with E-state index < -0.39 is 5.82 Å². The lowest BCUT2D eigenvalue weighted by Crippen LogP contribution is -1.93. The van der Waals surface area contributed by atoms with Crippen molar-refractivity contribution in [2.24, 2.45) is 0 Å². The van der Waals surface area contributed by atoms with Gasteiger partial charge < -0.3 is 4.74 Å². The van der Waals surface area contributed by atoms with Gasteiger partial charge in [-0.25, -0.2) is 4.39 Å². The summed E-state index contributed by atoms with van der Waals surface area (Å²) in [4.78, 5) is 0. The molecule has 74 valence electrons. The molecule has 0 atom stereocenters. The van der Waals surface area contributed by atoms with Gasteiger partial charge in [-0.05, 0) is 28.9 Å². The SMILES string of the molecule is CC#Cc1c(Cl)c(F)cc(Br)c1OC. The summed E-state index contributed by atoms with van der Waals surface area (Å²) in [7, 11) is 1.48. The first-order valence-corrected chi connectivity index (χ1v) is 4.93. The van der Waals surface area contributed by atoms with Crippen LogP contribution in [0.2, 0.25) is 5.02 Å². The van der Waals surface area contributed by atoms with Crippen molar-refractivity contribution in [2.75, 3.05) is 7.11 Å². The average Bonchev–Trinajstić information content (AvgIpc) is 2.14. The summed E-state index contributed by atoms with van der Waals surface area (Å²) in [6.45, 7) is 1.65. The molecule has 14 heavy (non-hydrogen) atoms. The van der Waals surface area contributed by atoms with Crippen molar-refractivity contribution < 1.29 is 9.13 Å². The Morgan fingerprint density at radius 2 is 2.21 bits per heavy atom. The largest absolute Gasteiger partial charge is 0.494 e. The van der Waals surface area contributed by atoms with E-state index in [4.69, 9.17) is 16.3 Å². The van der Waals surface area contributed by atoms with E-state index in [1.165, 1.54) is 13.2 Å². The quantitative estimate of drug-likeness (QED) is 0.563. The molecule has 0 spiro atoms. The third-order valence-electron chi connectivity index (χ3n) is 1.58. The fourth-order valence-electron chi connectivity index (χ4n) is 1.01. The summed E-state index contributed by atoms with van der Waals surface area (Å²) in [5.74, 6) is 5.29. The molecule has 0 amide bonds. The Hall–Kier alpha value is -0.720. The second-order valence-electron chi connectivity index (χ2n) is 2.44. The van der Waals surface area contributed by atoms with Crippen LogP contribution >= 0.6 is 27.5 Å². The predicted octanol–water partition coefficient (Wildman–Crippen LogP) is 3.62. The summed E-state index contributed by atoms with van der Waals surface area (Å²) >= 11 is 8.92. The molecule has 0 radical (unpaired) electrons. The van der Waals surface area contributed by atoms with E-state index in [1.54, 1.807) is 6.92 Å². The molecule has 0 aliphatic carbocycles. The highest BCUT2D eigenvalue weighted by Gasteiger charge is 2.14. The van der Waals surface area contributed by atoms with Crippen LogP contribution in [-0.2, 0) is 0 Å². The fourth-order valence-corrected chi connectivity index (χ4v) is 1.76. The van der Waals surface area contributed by atoms with Gasteiger partial charge in [0.05, 0.1) is 22.2 Å². The number of methoxy groups -OCH3 is 1. The van der Waals surface area contributed by atoms with Crippen LogP contribution in [0.1, 0.15) is 12.5 Å². The molecular formula is C10H7BrClFO. The Morgan fingerprint density at radius 3 is 2.71 bits per heavy atom. The van der Waals surface area contributed by atoms with Crippen LogP contribution in [0.25, 0.3) is 0 Å². The molecular weight excluding hydrogens is 270 g/mol. The highest BCUT2D eigenvalue weighted by atomic mass is 79.9. The van der Waals surface area contributed by atoms with Crippen LogP contribution in [0.15, 0.2) is 10.5 Å². The van der Waals surface area contributed by atoms with Gasteiger partial charge >= 0.3 is 0 Å². The van der Waals surface area contributed by atoms with Crippen molar-refractivity contribution in [3.8, 4) is 17.6 Å². The molecule has 0 aliphatic rings. The van der Waals surface area contributed by atoms with Gasteiger partial charge in [0.2, 0.25) is 0 Å². The molecule has 0 saturated carbocycles. The summed E-state index contributed by atoms with van der Waals surface area (Å²) in [5, 5.41) is -0.0144. The molecule has 0 N–H and O–H groups in total. The summed E-state index contributed by atoms with van der Waals surface area (Å²) in [6, 6.07) is 1.25. The standard InChI is InChI=1S/C10H7BrClFO/c1-3-4-6-9(12)8(13)5-7(11)10(6)14-2/h5H,1-2H3. The molecule has 0 saturated heterocycles. The molecule has 4 heteroatoms. The lowest BCUT2D eigenvalue weighted by molar-refractivity contribution is 0.409. The molecule has 0 aliphatic heterocycles. The smallest absolute Gasteiger partial charge is 0.150 e. The van der Waals surface area contributed by atoms with Crippen molar-refractivity contribution >= 4 is 27.5 Å². The molecule has 0 aromatic heterocycles. The summed E-state index contributed by atoms with van der Waals surface area (Å²) in [6.07, 6.45) is 0. The summed E-state index contributed by atoms with van der Waals surface area (Å²) in [5.41, 5.74) is 0.364. The van der Waals surface area contributed by atoms with E-state index in [9.17, 15) is 4.39 Å². The van der Waals surface area contributed by atoms with Gasteiger partial charge in [-0.2, -0.15) is 0 Å². The zero-order chi connectivity index (χ0) is 10.7. The van der Waals surface area contributed by atoms with E-state index in [1.807, 2.05) is 0 Å². The Morgan fingerprint density at radius 1 is 1.57 bits per heavy atom. The van der Waals surface area contributed by atoms with Crippen molar-refractivity contribution in [1.82, 2.24) is 0 Å². The topological polar surface area (TPSA) is 9.23 Å². The van der Waals surface area contributed by atoms with Gasteiger partial charge in [0.25, 0.3) is 0 Å². The number of benzene rings is 1. The van der Waals surface area contributed by atoms with Gasteiger partial charge in [0.15, 0.2) is 0 Å². The lowest BCUT2D eigenvalue weighted by Gasteiger charge is -2.08. The Balaban J connectivity index is 3.53. The van der Waals surface area contributed by atoms with Crippen molar-refractivity contribution in [2.45, 2.75) is 6.92 Å². The number of hydrogen-bond acceptors (Lipinski definition) is 1. The minimum Gasteiger partial charge on any atom is -0.494 e. The monoisotopic (exact) mass is 276 g/mol. The molecule has 1 aromatic rings. The third-order valence-corrected chi connectivity index (χ3v) is 2.54. The highest BCUT2D eigenvalue weighted by Crippen LogP contribution is 2.35. The first kappa shape index (κ1) is 11.4. The Bertz CT molecular complexity index is 420. The number of ether oxygens (including phenoxy) is 1. The molecule has 0 fully saturated rings. The van der Waals surface area contributed by atoms with Crippen LogP contribution < -0.4 is 4.74 Å². The maximum Gasteiger partial charge on any atom is 0.150 e. The van der Waals surface area contributed by atoms with E-state index in [-0.39, 0.29) is 5.02 Å². The van der Waals surface area contributed by atoms with Crippen LogP contribution in [0.4, 0.5) is 4.39 Å². The number of halogens is 3. The minimum atomic E-state index is -0.517. The zero-order valence-electron chi connectivity index (χ0n) is 7.62. The van der Waals surface area contributed by atoms with E-state index in [2.05, 4.69) is 27.8 Å². The van der Waals surface area contributed by atoms with Crippen molar-refractivity contribution in [3.63, 3.8) is 0 Å². The van der Waals surface area contributed by atoms with Gasteiger partial charge in [0.1, 0.15) is 11.6 Å². The molecule has 0 heterocycles. The molecule has 1 nitrogen and oxygen atoms in total. The van der Waals surface area contributed by atoms with E-state index in [0.717, 1.165) is 0 Å². The summed E-state index contributed by atoms with van der Waals surface area (Å²) < 4.78 is 18.8. The van der Waals surface area contributed by atoms with Crippen LogP contribution in [0.5, 0.6) is 5.75 Å². The van der Waals surface area contributed by atoms with Crippen LogP contribution in [0.3, 0.4) is 0 Å². The molecule has 1 rings (SSSR count). The van der Waals surface area contributed by atoms with Gasteiger partial charge in [-0.3, -0.25) is 0 Å². The first-order valence-electron chi connectivity index (χ1n) is 3.76. The molecule has 0 bridgehead atoms. The Kier molecular flexibility index (Phi) is 3.79. The van der Waals surface area contributed by atoms with E-state index >= 15 is 0 Å². The second kappa shape index (κ2) is 4.68. The van der Waals surface area contributed by atoms with Gasteiger partial charge in [0, 0.05) is 0 Å². The minimum absolute atomic E-state index is 0.0144. The highest BCUT2D eigenvalue weighted by molar-refractivity contribution is 9.10. The van der Waals surface area contributed by atoms with Crippen LogP contribution in [-0.4, -0.2) is 7.11 Å². The molecule has 0 unspecified atom stereocenters. The zero-order valence-corrected chi connectivity index (χ0v) is 9.96. The molecule has 1 aromatic carbocycles. The van der Waals surface area contributed by atoms with Crippen molar-refractivity contribution in [1.29, 1.82) is 0 Å². The first-order chi connectivity index (χ1) is 6.61. The van der Waals surface area contributed by atoms with E-state index in [0.29, 0.717) is 15.8 Å². The average molecular weight is 278 g/mol. The number of hydrogen-bond donors (Lipinski definition) is 0. The maximum atomic E-state index is 13.2. The number of rotatable bonds is 1. The Labute approximate surface area is 95.3 Å². The lowest BCUT2D eigenvalue weighted by atomic mass is 10.2. The van der Waals surface area contributed by atoms with Crippen LogP contribution in [0, 0.1) is 17.7 Å². The normalized spacial score (nSPS) is 9.21. The third kappa shape index (κ3) is 2.02. The van der Waals surface area contributed by atoms with Crippen molar-refractivity contribution in [3.05, 3.63) is 26.9 Å². The fraction of sp³-hybridized carbons (Fsp3) is 0.200. The maximum absolute atomic E-state index is 13.2. The second-order valence-corrected chi connectivity index (χ2v) is 3.67. The predicted molar refractivity (Wildman–Crippen MR) is 58.2 cm³/mol. The van der Waals surface area contributed by atoms with Gasteiger partial charge in [-0.1, -0.05) is 17.5 Å².